The Morgan fingerprint density at radius 2 is 1.76 bits per heavy atom. The molecule has 2 aromatic rings. The highest BCUT2D eigenvalue weighted by molar-refractivity contribution is 6.46. The number of likely N-dealkylation sites (tertiary alicyclic amines) is 1. The number of nitrogens with zero attached hydrogens (tertiary/aromatic N) is 2. The van der Waals surface area contributed by atoms with Gasteiger partial charge in [-0.3, -0.25) is 9.59 Å². The van der Waals surface area contributed by atoms with Crippen LogP contribution < -0.4 is 9.47 Å². The number of ketones is 1. The topological polar surface area (TPSA) is 79.3 Å². The lowest BCUT2D eigenvalue weighted by molar-refractivity contribution is -0.140. The molecule has 1 aliphatic rings. The van der Waals surface area contributed by atoms with Gasteiger partial charge in [-0.15, -0.1) is 0 Å². The number of hydrogen-bond acceptors (Lipinski definition) is 6. The Hall–Kier alpha value is -3.32. The molecule has 0 aliphatic carbocycles. The van der Waals surface area contributed by atoms with Gasteiger partial charge in [0.15, 0.2) is 0 Å². The minimum Gasteiger partial charge on any atom is -0.507 e. The number of likely N-dealkylation sites (N-methyl/N-ethyl adjacent to an activating group) is 1. The van der Waals surface area contributed by atoms with Crippen molar-refractivity contribution in [2.24, 2.45) is 0 Å². The van der Waals surface area contributed by atoms with Gasteiger partial charge in [0, 0.05) is 18.7 Å². The fraction of sp³-hybridized carbons (Fsp3) is 0.407. The van der Waals surface area contributed by atoms with Gasteiger partial charge in [-0.1, -0.05) is 37.6 Å². The Bertz CT molecular complexity index is 1030. The van der Waals surface area contributed by atoms with Crippen molar-refractivity contribution in [2.45, 2.75) is 32.7 Å². The number of benzene rings is 2. The molecule has 182 valence electrons. The van der Waals surface area contributed by atoms with Crippen LogP contribution in [0.25, 0.3) is 5.76 Å². The third-order valence-corrected chi connectivity index (χ3v) is 5.71. The van der Waals surface area contributed by atoms with Gasteiger partial charge in [0.05, 0.1) is 24.8 Å². The summed E-state index contributed by atoms with van der Waals surface area (Å²) < 4.78 is 11.3. The Morgan fingerprint density at radius 1 is 1.03 bits per heavy atom. The predicted molar refractivity (Wildman–Crippen MR) is 132 cm³/mol. The molecule has 1 fully saturated rings. The molecule has 7 nitrogen and oxygen atoms in total. The maximum Gasteiger partial charge on any atom is 0.295 e. The summed E-state index contributed by atoms with van der Waals surface area (Å²) in [4.78, 5) is 29.7. The molecule has 0 spiro atoms. The number of aliphatic hydroxyl groups is 1. The van der Waals surface area contributed by atoms with Gasteiger partial charge < -0.3 is 24.4 Å². The maximum absolute atomic E-state index is 13.1. The van der Waals surface area contributed by atoms with Crippen molar-refractivity contribution in [3.8, 4) is 11.5 Å². The van der Waals surface area contributed by atoms with E-state index in [-0.39, 0.29) is 11.3 Å². The monoisotopic (exact) mass is 466 g/mol. The lowest BCUT2D eigenvalue weighted by Crippen LogP contribution is -2.35. The SMILES string of the molecule is CCCCOc1cccc(/C(O)=C2\C(=O)C(=O)N(CCN(C)C)C2c2ccc(OCC)cc2)c1. The van der Waals surface area contributed by atoms with Crippen LogP contribution in [0.1, 0.15) is 43.9 Å². The van der Waals surface area contributed by atoms with Crippen molar-refractivity contribution in [3.05, 3.63) is 65.2 Å². The van der Waals surface area contributed by atoms with Gasteiger partial charge in [0.25, 0.3) is 11.7 Å². The van der Waals surface area contributed by atoms with Crippen molar-refractivity contribution in [3.63, 3.8) is 0 Å². The predicted octanol–water partition coefficient (Wildman–Crippen LogP) is 4.25. The largest absolute Gasteiger partial charge is 0.507 e. The lowest BCUT2D eigenvalue weighted by atomic mass is 9.95. The zero-order valence-electron chi connectivity index (χ0n) is 20.4. The number of hydrogen-bond donors (Lipinski definition) is 1. The number of amides is 1. The summed E-state index contributed by atoms with van der Waals surface area (Å²) in [5, 5.41) is 11.3. The molecule has 0 bridgehead atoms. The van der Waals surface area contributed by atoms with E-state index < -0.39 is 17.7 Å². The zero-order chi connectivity index (χ0) is 24.7. The minimum absolute atomic E-state index is 0.0821. The smallest absolute Gasteiger partial charge is 0.295 e. The summed E-state index contributed by atoms with van der Waals surface area (Å²) in [7, 11) is 3.82. The van der Waals surface area contributed by atoms with Gasteiger partial charge in [0.1, 0.15) is 17.3 Å². The third-order valence-electron chi connectivity index (χ3n) is 5.71. The van der Waals surface area contributed by atoms with Crippen LogP contribution in [0.4, 0.5) is 0 Å². The van der Waals surface area contributed by atoms with Crippen LogP contribution in [0.5, 0.6) is 11.5 Å². The average molecular weight is 467 g/mol. The molecule has 1 aliphatic heterocycles. The van der Waals surface area contributed by atoms with E-state index in [1.54, 1.807) is 18.2 Å². The van der Waals surface area contributed by atoms with E-state index in [2.05, 4.69) is 6.92 Å². The van der Waals surface area contributed by atoms with Gasteiger partial charge in [0.2, 0.25) is 0 Å². The molecular weight excluding hydrogens is 432 g/mol. The fourth-order valence-corrected chi connectivity index (χ4v) is 3.90. The van der Waals surface area contributed by atoms with Crippen LogP contribution in [0.3, 0.4) is 0 Å². The summed E-state index contributed by atoms with van der Waals surface area (Å²) >= 11 is 0. The second-order valence-corrected chi connectivity index (χ2v) is 8.53. The first-order chi connectivity index (χ1) is 16.4. The Labute approximate surface area is 201 Å². The maximum atomic E-state index is 13.1. The first-order valence-corrected chi connectivity index (χ1v) is 11.8. The molecule has 1 saturated heterocycles. The molecule has 3 rings (SSSR count). The molecule has 1 atom stereocenters. The van der Waals surface area contributed by atoms with Crippen LogP contribution in [-0.4, -0.2) is 67.0 Å². The Kier molecular flexibility index (Phi) is 8.71. The van der Waals surface area contributed by atoms with Crippen LogP contribution >= 0.6 is 0 Å². The lowest BCUT2D eigenvalue weighted by Gasteiger charge is -2.26. The summed E-state index contributed by atoms with van der Waals surface area (Å²) in [6.45, 7) is 6.04. The van der Waals surface area contributed by atoms with Crippen molar-refractivity contribution >= 4 is 17.4 Å². The second-order valence-electron chi connectivity index (χ2n) is 8.53. The molecule has 0 aromatic heterocycles. The van der Waals surface area contributed by atoms with Crippen LogP contribution in [0, 0.1) is 0 Å². The average Bonchev–Trinajstić information content (AvgIpc) is 3.08. The van der Waals surface area contributed by atoms with Crippen molar-refractivity contribution in [2.75, 3.05) is 40.4 Å². The van der Waals surface area contributed by atoms with Crippen LogP contribution in [0.15, 0.2) is 54.1 Å². The molecule has 2 aromatic carbocycles. The standard InChI is InChI=1S/C27H34N2O5/c1-5-7-17-34-22-10-8-9-20(18-22)25(30)23-24(19-11-13-21(14-12-19)33-6-2)29(16-15-28(3)4)27(32)26(23)31/h8-14,18,24,30H,5-7,15-17H2,1-4H3/b25-23+. The first kappa shape index (κ1) is 25.3. The summed E-state index contributed by atoms with van der Waals surface area (Å²) in [6.07, 6.45) is 1.93. The highest BCUT2D eigenvalue weighted by Gasteiger charge is 2.45. The van der Waals surface area contributed by atoms with Crippen molar-refractivity contribution < 1.29 is 24.2 Å². The number of rotatable bonds is 11. The molecular formula is C27H34N2O5. The van der Waals surface area contributed by atoms with E-state index in [0.717, 1.165) is 18.4 Å². The van der Waals surface area contributed by atoms with Crippen molar-refractivity contribution in [1.82, 2.24) is 9.80 Å². The first-order valence-electron chi connectivity index (χ1n) is 11.8. The quantitative estimate of drug-likeness (QED) is 0.231. The van der Waals surface area contributed by atoms with Crippen LogP contribution in [-0.2, 0) is 9.59 Å². The van der Waals surface area contributed by atoms with Gasteiger partial charge in [-0.2, -0.15) is 0 Å². The number of carbonyl (C=O) groups is 2. The highest BCUT2D eigenvalue weighted by atomic mass is 16.5. The highest BCUT2D eigenvalue weighted by Crippen LogP contribution is 2.40. The number of Topliss-reactive ketones (excluding diaryl/α,β-unsaturated/α-hetero) is 1. The Balaban J connectivity index is 2.04. The molecule has 1 heterocycles. The molecule has 7 heteroatoms. The molecule has 0 saturated carbocycles. The van der Waals surface area contributed by atoms with E-state index in [9.17, 15) is 14.7 Å². The van der Waals surface area contributed by atoms with Gasteiger partial charge in [-0.25, -0.2) is 0 Å². The number of aliphatic hydroxyl groups excluding tert-OH is 1. The summed E-state index contributed by atoms with van der Waals surface area (Å²) in [5.41, 5.74) is 1.26. The van der Waals surface area contributed by atoms with Gasteiger partial charge in [-0.05, 0) is 57.3 Å². The molecule has 1 unspecified atom stereocenters. The van der Waals surface area contributed by atoms with Crippen LogP contribution in [0.2, 0.25) is 0 Å². The second kappa shape index (κ2) is 11.7. The number of carbonyl (C=O) groups excluding carboxylic acids is 2. The fourth-order valence-electron chi connectivity index (χ4n) is 3.90. The zero-order valence-corrected chi connectivity index (χ0v) is 20.4. The third kappa shape index (κ3) is 5.78. The molecule has 34 heavy (non-hydrogen) atoms. The van der Waals surface area contributed by atoms with Gasteiger partial charge >= 0.3 is 0 Å². The molecule has 1 N–H and O–H groups in total. The van der Waals surface area contributed by atoms with E-state index >= 15 is 0 Å². The minimum atomic E-state index is -0.694. The van der Waals surface area contributed by atoms with E-state index in [1.165, 1.54) is 4.90 Å². The molecule has 0 radical (unpaired) electrons. The van der Waals surface area contributed by atoms with E-state index in [0.29, 0.717) is 43.4 Å². The number of ether oxygens (including phenoxy) is 2. The molecule has 1 amide bonds. The van der Waals surface area contributed by atoms with Crippen molar-refractivity contribution in [1.29, 1.82) is 0 Å². The summed E-state index contributed by atoms with van der Waals surface area (Å²) in [5.74, 6) is -0.194. The van der Waals surface area contributed by atoms with E-state index in [4.69, 9.17) is 9.47 Å². The summed E-state index contributed by atoms with van der Waals surface area (Å²) in [6, 6.07) is 13.6. The normalized spacial score (nSPS) is 17.4. The Morgan fingerprint density at radius 3 is 2.41 bits per heavy atom. The van der Waals surface area contributed by atoms with E-state index in [1.807, 2.05) is 56.3 Å². The number of unbranched alkanes of at least 4 members (excludes halogenated alkanes) is 1.